The van der Waals surface area contributed by atoms with Gasteiger partial charge in [0.25, 0.3) is 0 Å². The van der Waals surface area contributed by atoms with E-state index >= 15 is 0 Å². The fourth-order valence-corrected chi connectivity index (χ4v) is 5.51. The number of carbonyl (C=O) groups excluding carboxylic acids is 3. The lowest BCUT2D eigenvalue weighted by Gasteiger charge is -2.37. The molecule has 26 heavy (non-hydrogen) atoms. The van der Waals surface area contributed by atoms with Crippen molar-refractivity contribution < 1.29 is 14.4 Å². The number of amides is 3. The zero-order valence-electron chi connectivity index (χ0n) is 14.9. The molecule has 2 bridgehead atoms. The number of carbonyl (C=O) groups is 3. The zero-order valence-corrected chi connectivity index (χ0v) is 14.9. The van der Waals surface area contributed by atoms with Crippen LogP contribution in [-0.2, 0) is 14.4 Å². The van der Waals surface area contributed by atoms with Crippen molar-refractivity contribution in [3.05, 3.63) is 41.5 Å². The van der Waals surface area contributed by atoms with Gasteiger partial charge >= 0.3 is 0 Å². The van der Waals surface area contributed by atoms with Gasteiger partial charge in [0, 0.05) is 5.69 Å². The average molecular weight is 350 g/mol. The molecule has 3 fully saturated rings. The van der Waals surface area contributed by atoms with Crippen LogP contribution in [0.25, 0.3) is 0 Å². The van der Waals surface area contributed by atoms with Gasteiger partial charge in [0.2, 0.25) is 17.7 Å². The molecule has 1 aromatic rings. The fraction of sp³-hybridized carbons (Fsp3) is 0.476. The topological polar surface area (TPSA) is 66.5 Å². The first-order chi connectivity index (χ1) is 12.5. The highest BCUT2D eigenvalue weighted by molar-refractivity contribution is 6.09. The largest absolute Gasteiger partial charge is 0.324 e. The van der Waals surface area contributed by atoms with E-state index in [1.165, 1.54) is 4.90 Å². The minimum Gasteiger partial charge on any atom is -0.324 e. The first kappa shape index (κ1) is 15.8. The summed E-state index contributed by atoms with van der Waals surface area (Å²) < 4.78 is 0. The maximum Gasteiger partial charge on any atom is 0.244 e. The Labute approximate surface area is 152 Å². The van der Waals surface area contributed by atoms with Gasteiger partial charge in [0.15, 0.2) is 0 Å². The van der Waals surface area contributed by atoms with Gasteiger partial charge in [0.05, 0.1) is 11.8 Å². The van der Waals surface area contributed by atoms with Gasteiger partial charge in [-0.05, 0) is 55.1 Å². The van der Waals surface area contributed by atoms with E-state index in [0.717, 1.165) is 23.2 Å². The van der Waals surface area contributed by atoms with E-state index < -0.39 is 0 Å². The van der Waals surface area contributed by atoms with E-state index in [4.69, 9.17) is 0 Å². The molecule has 1 N–H and O–H groups in total. The summed E-state index contributed by atoms with van der Waals surface area (Å²) in [5.74, 6) is 0.438. The van der Waals surface area contributed by atoms with Crippen LogP contribution in [0.5, 0.6) is 0 Å². The zero-order chi connectivity index (χ0) is 18.2. The van der Waals surface area contributed by atoms with Crippen molar-refractivity contribution in [2.24, 2.45) is 35.5 Å². The van der Waals surface area contributed by atoms with Crippen LogP contribution in [0.15, 0.2) is 30.4 Å². The molecule has 0 aromatic heterocycles. The Morgan fingerprint density at radius 3 is 2.12 bits per heavy atom. The van der Waals surface area contributed by atoms with Crippen LogP contribution in [0, 0.1) is 49.4 Å². The summed E-state index contributed by atoms with van der Waals surface area (Å²) in [6.45, 7) is 3.67. The lowest BCUT2D eigenvalue weighted by Crippen LogP contribution is -2.40. The summed E-state index contributed by atoms with van der Waals surface area (Å²) in [4.78, 5) is 39.6. The fourth-order valence-electron chi connectivity index (χ4n) is 5.51. The Balaban J connectivity index is 1.35. The monoisotopic (exact) mass is 350 g/mol. The number of nitrogens with zero attached hydrogens (tertiary/aromatic N) is 1. The molecular formula is C21H22N2O3. The van der Waals surface area contributed by atoms with E-state index in [9.17, 15) is 14.4 Å². The van der Waals surface area contributed by atoms with Crippen LogP contribution in [-0.4, -0.2) is 29.2 Å². The number of aryl methyl sites for hydroxylation is 2. The van der Waals surface area contributed by atoms with Gasteiger partial charge in [0.1, 0.15) is 6.54 Å². The van der Waals surface area contributed by atoms with E-state index in [0.29, 0.717) is 11.8 Å². The Morgan fingerprint density at radius 1 is 1.04 bits per heavy atom. The number of para-hydroxylation sites is 1. The molecule has 6 rings (SSSR count). The van der Waals surface area contributed by atoms with Gasteiger partial charge in [-0.25, -0.2) is 0 Å². The molecule has 4 aliphatic carbocycles. The molecule has 1 aliphatic heterocycles. The van der Waals surface area contributed by atoms with Crippen LogP contribution >= 0.6 is 0 Å². The highest BCUT2D eigenvalue weighted by Gasteiger charge is 2.67. The van der Waals surface area contributed by atoms with Gasteiger partial charge in [-0.2, -0.15) is 0 Å². The summed E-state index contributed by atoms with van der Waals surface area (Å²) in [6, 6.07) is 5.80. The minimum absolute atomic E-state index is 0.152. The van der Waals surface area contributed by atoms with Gasteiger partial charge in [-0.15, -0.1) is 0 Å². The van der Waals surface area contributed by atoms with Gasteiger partial charge in [-0.3, -0.25) is 19.3 Å². The highest BCUT2D eigenvalue weighted by atomic mass is 16.2. The normalized spacial score (nSPS) is 36.2. The predicted octanol–water partition coefficient (Wildman–Crippen LogP) is 2.30. The summed E-state index contributed by atoms with van der Waals surface area (Å²) in [6.07, 6.45) is 5.43. The highest BCUT2D eigenvalue weighted by Crippen LogP contribution is 2.65. The maximum atomic E-state index is 12.9. The quantitative estimate of drug-likeness (QED) is 0.672. The number of imide groups is 1. The molecule has 134 valence electrons. The Morgan fingerprint density at radius 2 is 1.58 bits per heavy atom. The molecule has 1 heterocycles. The summed E-state index contributed by atoms with van der Waals surface area (Å²) >= 11 is 0. The average Bonchev–Trinajstić information content (AvgIpc) is 3.40. The third-order valence-electron chi connectivity index (χ3n) is 6.80. The van der Waals surface area contributed by atoms with Crippen LogP contribution in [0.3, 0.4) is 0 Å². The Hall–Kier alpha value is -2.43. The third-order valence-corrected chi connectivity index (χ3v) is 6.80. The molecule has 0 spiro atoms. The second kappa shape index (κ2) is 5.29. The van der Waals surface area contributed by atoms with Crippen LogP contribution in [0.4, 0.5) is 5.69 Å². The number of nitrogens with one attached hydrogen (secondary N) is 1. The second-order valence-corrected chi connectivity index (χ2v) is 8.23. The van der Waals surface area contributed by atoms with Gasteiger partial charge < -0.3 is 5.32 Å². The van der Waals surface area contributed by atoms with Crippen molar-refractivity contribution in [2.75, 3.05) is 11.9 Å². The van der Waals surface area contributed by atoms with Crippen LogP contribution in [0.2, 0.25) is 0 Å². The molecule has 5 nitrogen and oxygen atoms in total. The lowest BCUT2D eigenvalue weighted by atomic mass is 9.63. The summed E-state index contributed by atoms with van der Waals surface area (Å²) in [5.41, 5.74) is 2.69. The molecule has 5 aliphatic rings. The number of anilines is 1. The number of hydrogen-bond acceptors (Lipinski definition) is 3. The standard InChI is InChI=1S/C21H22N2O3/c1-10-4-3-5-11(2)19(10)22-16(24)9-23-20(25)17-12-6-7-13(15-8-14(12)15)18(17)21(23)26/h3-7,12-15,17-18H,8-9H2,1-2H3,(H,22,24)/t12-,13-,14-,15+,17+,18+/m0/s1. The van der Waals surface area contributed by atoms with E-state index in [2.05, 4.69) is 17.5 Å². The smallest absolute Gasteiger partial charge is 0.244 e. The molecule has 1 saturated heterocycles. The number of likely N-dealkylation sites (tertiary alicyclic amines) is 1. The van der Waals surface area contributed by atoms with E-state index in [1.807, 2.05) is 32.0 Å². The van der Waals surface area contributed by atoms with Crippen molar-refractivity contribution in [3.63, 3.8) is 0 Å². The Kier molecular flexibility index (Phi) is 3.21. The number of benzene rings is 1. The van der Waals surface area contributed by atoms with E-state index in [1.54, 1.807) is 0 Å². The van der Waals surface area contributed by atoms with Crippen molar-refractivity contribution in [3.8, 4) is 0 Å². The first-order valence-corrected chi connectivity index (χ1v) is 9.37. The van der Waals surface area contributed by atoms with Crippen molar-refractivity contribution in [1.29, 1.82) is 0 Å². The predicted molar refractivity (Wildman–Crippen MR) is 96.0 cm³/mol. The van der Waals surface area contributed by atoms with Crippen molar-refractivity contribution >= 4 is 23.4 Å². The van der Waals surface area contributed by atoms with Crippen LogP contribution in [0.1, 0.15) is 17.5 Å². The Bertz CT molecular complexity index is 818. The van der Waals surface area contributed by atoms with E-state index in [-0.39, 0.29) is 47.9 Å². The maximum absolute atomic E-state index is 12.9. The molecular weight excluding hydrogens is 328 g/mol. The SMILES string of the molecule is Cc1cccc(C)c1NC(=O)CN1C(=O)[C@@H]2[C@H]3C=C[C@@H]([C@@H]4C[C@H]34)[C@H]2C1=O. The second-order valence-electron chi connectivity index (χ2n) is 8.23. The molecule has 0 unspecified atom stereocenters. The summed E-state index contributed by atoms with van der Waals surface area (Å²) in [5, 5.41) is 2.88. The minimum atomic E-state index is -0.312. The first-order valence-electron chi connectivity index (χ1n) is 9.37. The lowest BCUT2D eigenvalue weighted by molar-refractivity contribution is -0.142. The molecule has 5 heteroatoms. The van der Waals surface area contributed by atoms with Crippen molar-refractivity contribution in [2.45, 2.75) is 20.3 Å². The molecule has 3 amide bonds. The molecule has 1 aromatic carbocycles. The molecule has 0 radical (unpaired) electrons. The number of hydrogen-bond donors (Lipinski definition) is 1. The van der Waals surface area contributed by atoms with Crippen LogP contribution < -0.4 is 5.32 Å². The molecule has 2 saturated carbocycles. The number of rotatable bonds is 3. The summed E-state index contributed by atoms with van der Waals surface area (Å²) in [7, 11) is 0. The van der Waals surface area contributed by atoms with Gasteiger partial charge in [-0.1, -0.05) is 30.4 Å². The van der Waals surface area contributed by atoms with Crippen molar-refractivity contribution in [1.82, 2.24) is 4.90 Å². The number of allylic oxidation sites excluding steroid dienone is 2. The third kappa shape index (κ3) is 2.06. The molecule has 6 atom stereocenters.